The van der Waals surface area contributed by atoms with E-state index in [0.717, 1.165) is 50.5 Å². The lowest BCUT2D eigenvalue weighted by Gasteiger charge is -2.45. The molecule has 1 saturated carbocycles. The molecule has 0 unspecified atom stereocenters. The zero-order valence-electron chi connectivity index (χ0n) is 12.2. The maximum absolute atomic E-state index is 12.6. The summed E-state index contributed by atoms with van der Waals surface area (Å²) in [5.41, 5.74) is 6.76. The normalized spacial score (nSPS) is 21.0. The maximum Gasteiger partial charge on any atom is 0.230 e. The Morgan fingerprint density at radius 1 is 1.14 bits per heavy atom. The molecule has 3 rings (SSSR count). The molecule has 4 nitrogen and oxygen atoms in total. The van der Waals surface area contributed by atoms with Crippen LogP contribution in [0.1, 0.15) is 19.3 Å². The molecule has 5 heteroatoms. The number of hydrogen-bond acceptors (Lipinski definition) is 3. The van der Waals surface area contributed by atoms with E-state index in [0.29, 0.717) is 6.54 Å². The minimum absolute atomic E-state index is 0.248. The van der Waals surface area contributed by atoms with Crippen LogP contribution in [0, 0.1) is 5.41 Å². The Morgan fingerprint density at radius 2 is 1.76 bits per heavy atom. The Hall–Kier alpha value is -1.26. The van der Waals surface area contributed by atoms with Gasteiger partial charge in [0.1, 0.15) is 0 Å². The van der Waals surface area contributed by atoms with Crippen molar-refractivity contribution < 1.29 is 4.79 Å². The van der Waals surface area contributed by atoms with E-state index in [-0.39, 0.29) is 11.3 Å². The van der Waals surface area contributed by atoms with E-state index in [4.69, 9.17) is 17.3 Å². The van der Waals surface area contributed by atoms with Gasteiger partial charge in [0.2, 0.25) is 5.91 Å². The lowest BCUT2D eigenvalue weighted by Crippen LogP contribution is -2.57. The predicted molar refractivity (Wildman–Crippen MR) is 85.6 cm³/mol. The van der Waals surface area contributed by atoms with Crippen molar-refractivity contribution in [2.45, 2.75) is 19.3 Å². The van der Waals surface area contributed by atoms with E-state index in [1.54, 1.807) is 0 Å². The molecule has 21 heavy (non-hydrogen) atoms. The van der Waals surface area contributed by atoms with Gasteiger partial charge in [-0.1, -0.05) is 18.0 Å². The first-order valence-electron chi connectivity index (χ1n) is 7.65. The Morgan fingerprint density at radius 3 is 2.24 bits per heavy atom. The minimum Gasteiger partial charge on any atom is -0.368 e. The topological polar surface area (TPSA) is 49.6 Å². The van der Waals surface area contributed by atoms with Crippen molar-refractivity contribution in [1.82, 2.24) is 4.90 Å². The molecule has 0 radical (unpaired) electrons. The van der Waals surface area contributed by atoms with Gasteiger partial charge in [-0.05, 0) is 37.1 Å². The molecule has 114 valence electrons. The Labute approximate surface area is 130 Å². The van der Waals surface area contributed by atoms with Crippen molar-refractivity contribution in [1.29, 1.82) is 0 Å². The number of carbonyl (C=O) groups is 1. The second-order valence-corrected chi connectivity index (χ2v) is 6.53. The third-order valence-corrected chi connectivity index (χ3v) is 5.17. The third kappa shape index (κ3) is 2.74. The summed E-state index contributed by atoms with van der Waals surface area (Å²) in [5, 5.41) is 0.752. The summed E-state index contributed by atoms with van der Waals surface area (Å²) in [7, 11) is 0. The summed E-state index contributed by atoms with van der Waals surface area (Å²) in [6.07, 6.45) is 3.05. The molecule has 2 aliphatic rings. The van der Waals surface area contributed by atoms with Gasteiger partial charge < -0.3 is 15.5 Å². The number of rotatable bonds is 3. The van der Waals surface area contributed by atoms with Crippen LogP contribution in [0.4, 0.5) is 5.69 Å². The minimum atomic E-state index is -0.248. The summed E-state index contributed by atoms with van der Waals surface area (Å²) in [4.78, 5) is 16.9. The number of amides is 1. The highest BCUT2D eigenvalue weighted by Gasteiger charge is 2.45. The average Bonchev–Trinajstić information content (AvgIpc) is 2.48. The van der Waals surface area contributed by atoms with Crippen molar-refractivity contribution in [2.75, 3.05) is 37.6 Å². The van der Waals surface area contributed by atoms with Gasteiger partial charge >= 0.3 is 0 Å². The van der Waals surface area contributed by atoms with Gasteiger partial charge in [0.05, 0.1) is 5.41 Å². The van der Waals surface area contributed by atoms with Crippen LogP contribution in [0.2, 0.25) is 5.02 Å². The molecular weight excluding hydrogens is 286 g/mol. The number of hydrogen-bond donors (Lipinski definition) is 1. The smallest absolute Gasteiger partial charge is 0.230 e. The number of benzene rings is 1. The highest BCUT2D eigenvalue weighted by molar-refractivity contribution is 6.30. The summed E-state index contributed by atoms with van der Waals surface area (Å²) < 4.78 is 0. The van der Waals surface area contributed by atoms with Crippen molar-refractivity contribution in [2.24, 2.45) is 11.1 Å². The third-order valence-electron chi connectivity index (χ3n) is 4.91. The summed E-state index contributed by atoms with van der Waals surface area (Å²) in [5.74, 6) is 0.270. The van der Waals surface area contributed by atoms with Crippen molar-refractivity contribution in [3.8, 4) is 0 Å². The zero-order valence-corrected chi connectivity index (χ0v) is 13.0. The summed E-state index contributed by atoms with van der Waals surface area (Å²) in [6.45, 7) is 3.79. The van der Waals surface area contributed by atoms with Crippen molar-refractivity contribution >= 4 is 23.2 Å². The molecule has 2 N–H and O–H groups in total. The van der Waals surface area contributed by atoms with Gasteiger partial charge in [0.25, 0.3) is 0 Å². The number of halogens is 1. The van der Waals surface area contributed by atoms with Crippen LogP contribution in [-0.4, -0.2) is 43.5 Å². The molecule has 1 amide bonds. The van der Waals surface area contributed by atoms with E-state index >= 15 is 0 Å². The monoisotopic (exact) mass is 307 g/mol. The van der Waals surface area contributed by atoms with Crippen molar-refractivity contribution in [3.05, 3.63) is 29.3 Å². The molecule has 1 heterocycles. The molecule has 0 aromatic heterocycles. The molecule has 2 fully saturated rings. The van der Waals surface area contributed by atoms with Crippen LogP contribution < -0.4 is 10.6 Å². The van der Waals surface area contributed by atoms with Crippen LogP contribution in [0.15, 0.2) is 24.3 Å². The standard InChI is InChI=1S/C16H22ClN3O/c17-13-2-4-14(5-3-13)19-8-10-20(11-9-19)15(21)16(12-18)6-1-7-16/h2-5H,1,6-12,18H2. The van der Waals surface area contributed by atoms with Crippen LogP contribution in [0.25, 0.3) is 0 Å². The Balaban J connectivity index is 1.60. The fraction of sp³-hybridized carbons (Fsp3) is 0.562. The molecule has 0 spiro atoms. The number of piperazine rings is 1. The summed E-state index contributed by atoms with van der Waals surface area (Å²) >= 11 is 5.92. The maximum atomic E-state index is 12.6. The van der Waals surface area contributed by atoms with Gasteiger partial charge in [-0.3, -0.25) is 4.79 Å². The van der Waals surface area contributed by atoms with Gasteiger partial charge in [-0.25, -0.2) is 0 Å². The first kappa shape index (κ1) is 14.7. The molecular formula is C16H22ClN3O. The molecule has 0 atom stereocenters. The Kier molecular flexibility index (Phi) is 4.09. The largest absolute Gasteiger partial charge is 0.368 e. The molecule has 0 bridgehead atoms. The molecule has 1 aliphatic carbocycles. The van der Waals surface area contributed by atoms with Crippen LogP contribution >= 0.6 is 11.6 Å². The van der Waals surface area contributed by atoms with Crippen LogP contribution in [0.5, 0.6) is 0 Å². The van der Waals surface area contributed by atoms with Gasteiger partial charge in [-0.15, -0.1) is 0 Å². The predicted octanol–water partition coefficient (Wildman–Crippen LogP) is 2.12. The zero-order chi connectivity index (χ0) is 14.9. The summed E-state index contributed by atoms with van der Waals surface area (Å²) in [6, 6.07) is 7.89. The second-order valence-electron chi connectivity index (χ2n) is 6.09. The number of nitrogens with two attached hydrogens (primary N) is 1. The number of nitrogens with zero attached hydrogens (tertiary/aromatic N) is 2. The van der Waals surface area contributed by atoms with Crippen LogP contribution in [0.3, 0.4) is 0 Å². The molecule has 1 aromatic carbocycles. The highest BCUT2D eigenvalue weighted by Crippen LogP contribution is 2.41. The lowest BCUT2D eigenvalue weighted by atomic mass is 9.67. The van der Waals surface area contributed by atoms with E-state index in [2.05, 4.69) is 4.90 Å². The van der Waals surface area contributed by atoms with E-state index in [9.17, 15) is 4.79 Å². The molecule has 1 aliphatic heterocycles. The first-order valence-corrected chi connectivity index (χ1v) is 8.02. The van der Waals surface area contributed by atoms with E-state index < -0.39 is 0 Å². The SMILES string of the molecule is NCC1(C(=O)N2CCN(c3ccc(Cl)cc3)CC2)CCC1. The van der Waals surface area contributed by atoms with Gasteiger partial charge in [0.15, 0.2) is 0 Å². The lowest BCUT2D eigenvalue weighted by molar-refractivity contribution is -0.147. The first-order chi connectivity index (χ1) is 10.1. The molecule has 1 saturated heterocycles. The van der Waals surface area contributed by atoms with E-state index in [1.807, 2.05) is 29.2 Å². The Bertz CT molecular complexity index is 499. The quantitative estimate of drug-likeness (QED) is 0.930. The van der Waals surface area contributed by atoms with Crippen LogP contribution in [-0.2, 0) is 4.79 Å². The number of anilines is 1. The fourth-order valence-electron chi connectivity index (χ4n) is 3.26. The van der Waals surface area contributed by atoms with Crippen molar-refractivity contribution in [3.63, 3.8) is 0 Å². The van der Waals surface area contributed by atoms with E-state index in [1.165, 1.54) is 5.69 Å². The fourth-order valence-corrected chi connectivity index (χ4v) is 3.39. The highest BCUT2D eigenvalue weighted by atomic mass is 35.5. The second kappa shape index (κ2) is 5.85. The van der Waals surface area contributed by atoms with Gasteiger partial charge in [0, 0.05) is 43.4 Å². The van der Waals surface area contributed by atoms with Gasteiger partial charge in [-0.2, -0.15) is 0 Å². The average molecular weight is 308 g/mol. The number of carbonyl (C=O) groups excluding carboxylic acids is 1. The molecule has 1 aromatic rings.